The van der Waals surface area contributed by atoms with Crippen LogP contribution in [0.1, 0.15) is 31.7 Å². The highest BCUT2D eigenvalue weighted by Crippen LogP contribution is 2.22. The van der Waals surface area contributed by atoms with E-state index in [4.69, 9.17) is 0 Å². The monoisotopic (exact) mass is 240 g/mol. The van der Waals surface area contributed by atoms with Gasteiger partial charge in [-0.15, -0.1) is 10.2 Å². The maximum Gasteiger partial charge on any atom is 0.205 e. The van der Waals surface area contributed by atoms with Gasteiger partial charge < -0.3 is 10.2 Å². The number of aromatic nitrogens is 2. The van der Waals surface area contributed by atoms with Gasteiger partial charge in [-0.3, -0.25) is 0 Å². The van der Waals surface area contributed by atoms with Crippen LogP contribution in [0.25, 0.3) is 0 Å². The lowest BCUT2D eigenvalue weighted by atomic mass is 9.99. The Hall–Kier alpha value is -0.680. The Kier molecular flexibility index (Phi) is 3.76. The van der Waals surface area contributed by atoms with Crippen molar-refractivity contribution in [1.29, 1.82) is 0 Å². The average molecular weight is 240 g/mol. The van der Waals surface area contributed by atoms with Gasteiger partial charge in [-0.2, -0.15) is 0 Å². The van der Waals surface area contributed by atoms with E-state index in [0.717, 1.165) is 23.1 Å². The Balaban J connectivity index is 1.90. The topological polar surface area (TPSA) is 41.1 Å². The third-order valence-electron chi connectivity index (χ3n) is 3.31. The van der Waals surface area contributed by atoms with E-state index in [2.05, 4.69) is 41.3 Å². The fraction of sp³-hybridized carbons (Fsp3) is 0.818. The summed E-state index contributed by atoms with van der Waals surface area (Å²) in [6, 6.07) is 1.22. The maximum atomic E-state index is 4.17. The van der Waals surface area contributed by atoms with Crippen molar-refractivity contribution in [2.24, 2.45) is 0 Å². The Labute approximate surface area is 101 Å². The smallest absolute Gasteiger partial charge is 0.205 e. The van der Waals surface area contributed by atoms with Gasteiger partial charge in [0.15, 0.2) is 0 Å². The average Bonchev–Trinajstić information content (AvgIpc) is 2.71. The summed E-state index contributed by atoms with van der Waals surface area (Å²) in [5, 5.41) is 13.9. The Morgan fingerprint density at radius 1 is 1.50 bits per heavy atom. The minimum atomic E-state index is 0.559. The third-order valence-corrected chi connectivity index (χ3v) is 4.30. The van der Waals surface area contributed by atoms with E-state index >= 15 is 0 Å². The molecule has 1 N–H and O–H groups in total. The molecule has 0 aliphatic carbocycles. The molecule has 4 nitrogen and oxygen atoms in total. The van der Waals surface area contributed by atoms with Crippen LogP contribution in [-0.4, -0.2) is 40.8 Å². The molecular weight excluding hydrogens is 220 g/mol. The van der Waals surface area contributed by atoms with E-state index < -0.39 is 0 Å². The number of anilines is 1. The number of hydrogen-bond acceptors (Lipinski definition) is 5. The predicted octanol–water partition coefficient (Wildman–Crippen LogP) is 2.00. The molecule has 0 saturated carbocycles. The maximum absolute atomic E-state index is 4.17. The lowest BCUT2D eigenvalue weighted by Crippen LogP contribution is -2.42. The quantitative estimate of drug-likeness (QED) is 0.877. The zero-order chi connectivity index (χ0) is 11.5. The summed E-state index contributed by atoms with van der Waals surface area (Å²) < 4.78 is 0. The molecule has 0 aromatic carbocycles. The van der Waals surface area contributed by atoms with Gasteiger partial charge in [0.2, 0.25) is 5.13 Å². The molecule has 1 fully saturated rings. The van der Waals surface area contributed by atoms with E-state index in [9.17, 15) is 0 Å². The van der Waals surface area contributed by atoms with Gasteiger partial charge in [-0.05, 0) is 33.2 Å². The first kappa shape index (κ1) is 11.8. The van der Waals surface area contributed by atoms with Crippen LogP contribution in [0.3, 0.4) is 0 Å². The molecule has 5 heteroatoms. The van der Waals surface area contributed by atoms with Crippen LogP contribution in [0.15, 0.2) is 0 Å². The van der Waals surface area contributed by atoms with Crippen LogP contribution >= 0.6 is 11.3 Å². The third kappa shape index (κ3) is 2.71. The van der Waals surface area contributed by atoms with Crippen molar-refractivity contribution >= 4 is 16.5 Å². The number of hydrogen-bond donors (Lipinski definition) is 1. The van der Waals surface area contributed by atoms with Crippen molar-refractivity contribution < 1.29 is 0 Å². The second kappa shape index (κ2) is 5.10. The van der Waals surface area contributed by atoms with Gasteiger partial charge in [0.1, 0.15) is 5.01 Å². The van der Waals surface area contributed by atoms with Gasteiger partial charge in [0.05, 0.1) is 0 Å². The lowest BCUT2D eigenvalue weighted by molar-refractivity contribution is 0.190. The van der Waals surface area contributed by atoms with Crippen molar-refractivity contribution in [3.05, 3.63) is 5.01 Å². The van der Waals surface area contributed by atoms with Crippen molar-refractivity contribution in [2.75, 3.05) is 18.9 Å². The van der Waals surface area contributed by atoms with Crippen LogP contribution in [0.4, 0.5) is 5.13 Å². The number of likely N-dealkylation sites (tertiary alicyclic amines) is 1. The summed E-state index contributed by atoms with van der Waals surface area (Å²) in [5.74, 6) is 0. The standard InChI is InChI=1S/C11H20N4S/c1-4-10-13-14-11(16-10)12-9-5-6-15(3)8(2)7-9/h8-9H,4-7H2,1-3H3,(H,12,14). The number of piperidine rings is 1. The molecule has 2 atom stereocenters. The summed E-state index contributed by atoms with van der Waals surface area (Å²) in [6.45, 7) is 5.56. The summed E-state index contributed by atoms with van der Waals surface area (Å²) in [4.78, 5) is 2.41. The highest BCUT2D eigenvalue weighted by atomic mass is 32.1. The molecule has 0 amide bonds. The molecule has 1 aliphatic rings. The van der Waals surface area contributed by atoms with Gasteiger partial charge in [0.25, 0.3) is 0 Å². The first-order chi connectivity index (χ1) is 7.69. The molecule has 2 rings (SSSR count). The summed E-state index contributed by atoms with van der Waals surface area (Å²) in [7, 11) is 2.20. The number of nitrogens with zero attached hydrogens (tertiary/aromatic N) is 3. The van der Waals surface area contributed by atoms with E-state index in [0.29, 0.717) is 12.1 Å². The van der Waals surface area contributed by atoms with E-state index in [-0.39, 0.29) is 0 Å². The molecule has 1 saturated heterocycles. The molecule has 90 valence electrons. The van der Waals surface area contributed by atoms with E-state index in [1.165, 1.54) is 12.8 Å². The first-order valence-corrected chi connectivity index (χ1v) is 6.80. The van der Waals surface area contributed by atoms with Crippen molar-refractivity contribution in [3.8, 4) is 0 Å². The SMILES string of the molecule is CCc1nnc(NC2CCN(C)C(C)C2)s1. The normalized spacial score (nSPS) is 26.9. The summed E-state index contributed by atoms with van der Waals surface area (Å²) >= 11 is 1.68. The zero-order valence-corrected chi connectivity index (χ0v) is 11.0. The van der Waals surface area contributed by atoms with Gasteiger partial charge in [-0.25, -0.2) is 0 Å². The second-order valence-corrected chi connectivity index (χ2v) is 5.61. The molecule has 0 radical (unpaired) electrons. The highest BCUT2D eigenvalue weighted by Gasteiger charge is 2.23. The van der Waals surface area contributed by atoms with E-state index in [1.54, 1.807) is 11.3 Å². The van der Waals surface area contributed by atoms with Crippen molar-refractivity contribution in [1.82, 2.24) is 15.1 Å². The zero-order valence-electron chi connectivity index (χ0n) is 10.2. The Morgan fingerprint density at radius 3 is 2.94 bits per heavy atom. The van der Waals surface area contributed by atoms with Crippen LogP contribution in [0, 0.1) is 0 Å². The number of aryl methyl sites for hydroxylation is 1. The number of nitrogens with one attached hydrogen (secondary N) is 1. The van der Waals surface area contributed by atoms with Gasteiger partial charge in [-0.1, -0.05) is 18.3 Å². The largest absolute Gasteiger partial charge is 0.357 e. The fourth-order valence-corrected chi connectivity index (χ4v) is 2.81. The summed E-state index contributed by atoms with van der Waals surface area (Å²) in [6.07, 6.45) is 3.36. The molecule has 0 spiro atoms. The molecule has 2 unspecified atom stereocenters. The Bertz CT molecular complexity index is 338. The van der Waals surface area contributed by atoms with Crippen LogP contribution in [0.2, 0.25) is 0 Å². The van der Waals surface area contributed by atoms with Crippen LogP contribution in [-0.2, 0) is 6.42 Å². The molecule has 0 bridgehead atoms. The van der Waals surface area contributed by atoms with Gasteiger partial charge in [0, 0.05) is 18.6 Å². The fourth-order valence-electron chi connectivity index (χ4n) is 2.05. The molecular formula is C11H20N4S. The predicted molar refractivity (Wildman–Crippen MR) is 68.0 cm³/mol. The molecule has 2 heterocycles. The minimum Gasteiger partial charge on any atom is -0.357 e. The molecule has 1 aromatic rings. The van der Waals surface area contributed by atoms with Gasteiger partial charge >= 0.3 is 0 Å². The van der Waals surface area contributed by atoms with Crippen LogP contribution < -0.4 is 5.32 Å². The first-order valence-electron chi connectivity index (χ1n) is 5.98. The lowest BCUT2D eigenvalue weighted by Gasteiger charge is -2.35. The number of rotatable bonds is 3. The molecule has 1 aromatic heterocycles. The Morgan fingerprint density at radius 2 is 2.31 bits per heavy atom. The van der Waals surface area contributed by atoms with Crippen molar-refractivity contribution in [3.63, 3.8) is 0 Å². The molecule has 1 aliphatic heterocycles. The molecule has 16 heavy (non-hydrogen) atoms. The van der Waals surface area contributed by atoms with E-state index in [1.807, 2.05) is 0 Å². The second-order valence-electron chi connectivity index (χ2n) is 4.55. The minimum absolute atomic E-state index is 0.559. The van der Waals surface area contributed by atoms with Crippen LogP contribution in [0.5, 0.6) is 0 Å². The highest BCUT2D eigenvalue weighted by molar-refractivity contribution is 7.15. The summed E-state index contributed by atoms with van der Waals surface area (Å²) in [5.41, 5.74) is 0. The van der Waals surface area contributed by atoms with Crippen molar-refractivity contribution in [2.45, 2.75) is 45.2 Å².